The maximum atomic E-state index is 12.9. The van der Waals surface area contributed by atoms with Gasteiger partial charge in [-0.3, -0.25) is 4.98 Å². The molecule has 1 aromatic heterocycles. The van der Waals surface area contributed by atoms with Gasteiger partial charge in [-0.25, -0.2) is 0 Å². The third kappa shape index (κ3) is 4.70. The smallest absolute Gasteiger partial charge is 0.427 e. The standard InChI is InChI=1S/C20H23ClF3N3O/c1-19(2,20(22,23)24)28-15-5-4-14(26-12-15)11-27-18-16-8-10-25-9-7-13(16)3-6-17(18)21/h3-6,12,25,27H,7-11H2,1-2H3. The number of hydrogen-bond acceptors (Lipinski definition) is 4. The van der Waals surface area contributed by atoms with Crippen LogP contribution in [0.4, 0.5) is 18.9 Å². The number of benzene rings is 1. The number of aromatic nitrogens is 1. The van der Waals surface area contributed by atoms with E-state index in [1.54, 1.807) is 6.07 Å². The first kappa shape index (κ1) is 20.7. The molecule has 0 saturated carbocycles. The Labute approximate surface area is 167 Å². The van der Waals surface area contributed by atoms with Crippen LogP contribution in [-0.4, -0.2) is 29.9 Å². The molecule has 2 aromatic rings. The fourth-order valence-electron chi connectivity index (χ4n) is 3.04. The Morgan fingerprint density at radius 1 is 1.14 bits per heavy atom. The van der Waals surface area contributed by atoms with Crippen molar-refractivity contribution in [3.8, 4) is 5.75 Å². The zero-order valence-corrected chi connectivity index (χ0v) is 16.5. The highest BCUT2D eigenvalue weighted by atomic mass is 35.5. The van der Waals surface area contributed by atoms with E-state index in [9.17, 15) is 13.2 Å². The molecular weight excluding hydrogens is 391 g/mol. The van der Waals surface area contributed by atoms with E-state index in [4.69, 9.17) is 16.3 Å². The van der Waals surface area contributed by atoms with Crippen LogP contribution in [0.2, 0.25) is 5.02 Å². The highest BCUT2D eigenvalue weighted by Crippen LogP contribution is 2.34. The Balaban J connectivity index is 1.69. The number of halogens is 4. The van der Waals surface area contributed by atoms with E-state index in [0.717, 1.165) is 45.5 Å². The molecule has 0 unspecified atom stereocenters. The molecule has 28 heavy (non-hydrogen) atoms. The molecule has 0 radical (unpaired) electrons. The van der Waals surface area contributed by atoms with E-state index in [0.29, 0.717) is 17.3 Å². The first-order valence-corrected chi connectivity index (χ1v) is 9.51. The van der Waals surface area contributed by atoms with E-state index in [-0.39, 0.29) is 5.75 Å². The predicted molar refractivity (Wildman–Crippen MR) is 104 cm³/mol. The van der Waals surface area contributed by atoms with Crippen molar-refractivity contribution in [2.24, 2.45) is 0 Å². The zero-order chi connectivity index (χ0) is 20.4. The lowest BCUT2D eigenvalue weighted by Crippen LogP contribution is -2.44. The molecule has 8 heteroatoms. The van der Waals surface area contributed by atoms with Gasteiger partial charge >= 0.3 is 6.18 Å². The van der Waals surface area contributed by atoms with Crippen molar-refractivity contribution < 1.29 is 17.9 Å². The number of alkyl halides is 3. The number of ether oxygens (including phenoxy) is 1. The van der Waals surface area contributed by atoms with E-state index < -0.39 is 11.8 Å². The summed E-state index contributed by atoms with van der Waals surface area (Å²) in [5.41, 5.74) is 1.76. The number of fused-ring (bicyclic) bond motifs is 1. The summed E-state index contributed by atoms with van der Waals surface area (Å²) >= 11 is 6.39. The number of nitrogens with zero attached hydrogens (tertiary/aromatic N) is 1. The average Bonchev–Trinajstić information content (AvgIpc) is 2.86. The van der Waals surface area contributed by atoms with Crippen LogP contribution >= 0.6 is 11.6 Å². The molecule has 0 amide bonds. The monoisotopic (exact) mass is 413 g/mol. The van der Waals surface area contributed by atoms with Gasteiger partial charge in [-0.1, -0.05) is 17.7 Å². The number of nitrogens with one attached hydrogen (secondary N) is 2. The van der Waals surface area contributed by atoms with Crippen molar-refractivity contribution in [1.82, 2.24) is 10.3 Å². The third-order valence-electron chi connectivity index (χ3n) is 4.78. The molecule has 1 aliphatic rings. The lowest BCUT2D eigenvalue weighted by Gasteiger charge is -2.28. The normalized spacial score (nSPS) is 14.9. The van der Waals surface area contributed by atoms with Crippen LogP contribution in [0.1, 0.15) is 30.7 Å². The number of hydrogen-bond donors (Lipinski definition) is 2. The minimum absolute atomic E-state index is 0.0729. The van der Waals surface area contributed by atoms with E-state index in [1.807, 2.05) is 6.07 Å². The van der Waals surface area contributed by atoms with Crippen LogP contribution in [-0.2, 0) is 19.4 Å². The molecule has 152 valence electrons. The maximum absolute atomic E-state index is 12.9. The van der Waals surface area contributed by atoms with Crippen molar-refractivity contribution >= 4 is 17.3 Å². The van der Waals surface area contributed by atoms with Crippen molar-refractivity contribution in [2.45, 2.75) is 45.0 Å². The lowest BCUT2D eigenvalue weighted by atomic mass is 10.0. The van der Waals surface area contributed by atoms with Crippen molar-refractivity contribution in [3.05, 3.63) is 52.3 Å². The molecule has 2 N–H and O–H groups in total. The molecule has 2 heterocycles. The first-order valence-electron chi connectivity index (χ1n) is 9.13. The second kappa shape index (κ2) is 8.17. The molecule has 4 nitrogen and oxygen atoms in total. The second-order valence-electron chi connectivity index (χ2n) is 7.26. The zero-order valence-electron chi connectivity index (χ0n) is 15.8. The van der Waals surface area contributed by atoms with Crippen molar-refractivity contribution in [2.75, 3.05) is 18.4 Å². The van der Waals surface area contributed by atoms with Crippen LogP contribution in [0.5, 0.6) is 5.75 Å². The number of rotatable bonds is 5. The van der Waals surface area contributed by atoms with E-state index in [2.05, 4.69) is 21.7 Å². The fourth-order valence-corrected chi connectivity index (χ4v) is 3.29. The summed E-state index contributed by atoms with van der Waals surface area (Å²) < 4.78 is 43.9. The van der Waals surface area contributed by atoms with Crippen molar-refractivity contribution in [1.29, 1.82) is 0 Å². The van der Waals surface area contributed by atoms with Gasteiger partial charge in [0.15, 0.2) is 5.60 Å². The lowest BCUT2D eigenvalue weighted by molar-refractivity contribution is -0.234. The molecule has 0 bridgehead atoms. The molecule has 0 aliphatic carbocycles. The summed E-state index contributed by atoms with van der Waals surface area (Å²) in [4.78, 5) is 4.21. The molecule has 1 aliphatic heterocycles. The van der Waals surface area contributed by atoms with Gasteiger partial charge in [0.05, 0.1) is 29.1 Å². The summed E-state index contributed by atoms with van der Waals surface area (Å²) in [6.45, 7) is 4.21. The van der Waals surface area contributed by atoms with Crippen LogP contribution in [0.15, 0.2) is 30.5 Å². The third-order valence-corrected chi connectivity index (χ3v) is 5.10. The largest absolute Gasteiger partial charge is 0.477 e. The first-order chi connectivity index (χ1) is 13.2. The maximum Gasteiger partial charge on any atom is 0.427 e. The SMILES string of the molecule is CC(C)(Oc1ccc(CNc2c(Cl)ccc3c2CCNCC3)nc1)C(F)(F)F. The topological polar surface area (TPSA) is 46.2 Å². The van der Waals surface area contributed by atoms with E-state index in [1.165, 1.54) is 23.4 Å². The summed E-state index contributed by atoms with van der Waals surface area (Å²) in [7, 11) is 0. The van der Waals surface area contributed by atoms with Gasteiger partial charge in [0.1, 0.15) is 5.75 Å². The van der Waals surface area contributed by atoms with Gasteiger partial charge in [-0.2, -0.15) is 13.2 Å². The summed E-state index contributed by atoms with van der Waals surface area (Å²) in [6.07, 6.45) is -1.34. The van der Waals surface area contributed by atoms with Gasteiger partial charge in [0, 0.05) is 0 Å². The molecule has 0 fully saturated rings. The van der Waals surface area contributed by atoms with E-state index >= 15 is 0 Å². The Bertz CT molecular complexity index is 823. The van der Waals surface area contributed by atoms with Crippen molar-refractivity contribution in [3.63, 3.8) is 0 Å². The second-order valence-corrected chi connectivity index (χ2v) is 7.67. The summed E-state index contributed by atoms with van der Waals surface area (Å²) in [5.74, 6) is 0.0729. The van der Waals surface area contributed by atoms with Gasteiger partial charge in [0.2, 0.25) is 0 Å². The van der Waals surface area contributed by atoms with Crippen LogP contribution in [0.25, 0.3) is 0 Å². The average molecular weight is 414 g/mol. The molecule has 0 atom stereocenters. The van der Waals surface area contributed by atoms with Gasteiger partial charge in [0.25, 0.3) is 0 Å². The van der Waals surface area contributed by atoms with Crippen LogP contribution < -0.4 is 15.4 Å². The predicted octanol–water partition coefficient (Wildman–Crippen LogP) is 4.76. The van der Waals surface area contributed by atoms with Gasteiger partial charge in [-0.15, -0.1) is 0 Å². The van der Waals surface area contributed by atoms with Gasteiger partial charge in [-0.05, 0) is 69.1 Å². The Morgan fingerprint density at radius 2 is 1.89 bits per heavy atom. The number of pyridine rings is 1. The fraction of sp³-hybridized carbons (Fsp3) is 0.450. The molecular formula is C20H23ClF3N3O. The quantitative estimate of drug-likeness (QED) is 0.742. The molecule has 0 spiro atoms. The highest BCUT2D eigenvalue weighted by molar-refractivity contribution is 6.33. The molecule has 3 rings (SSSR count). The Kier molecular flexibility index (Phi) is 6.05. The minimum Gasteiger partial charge on any atom is -0.477 e. The Hall–Kier alpha value is -1.99. The number of anilines is 1. The molecule has 0 saturated heterocycles. The summed E-state index contributed by atoms with van der Waals surface area (Å²) in [5, 5.41) is 7.35. The Morgan fingerprint density at radius 3 is 2.57 bits per heavy atom. The van der Waals surface area contributed by atoms with Crippen LogP contribution in [0, 0.1) is 0 Å². The van der Waals surface area contributed by atoms with Gasteiger partial charge < -0.3 is 15.4 Å². The van der Waals surface area contributed by atoms with Crippen LogP contribution in [0.3, 0.4) is 0 Å². The summed E-state index contributed by atoms with van der Waals surface area (Å²) in [6, 6.07) is 7.08. The highest BCUT2D eigenvalue weighted by Gasteiger charge is 2.49. The minimum atomic E-state index is -4.47. The molecule has 1 aromatic carbocycles.